The van der Waals surface area contributed by atoms with Gasteiger partial charge in [-0.1, -0.05) is 0 Å². The van der Waals surface area contributed by atoms with Gasteiger partial charge in [-0.05, 0) is 20.8 Å². The Balaban J connectivity index is 2.96. The molecule has 20 heavy (non-hydrogen) atoms. The average molecular weight is 307 g/mol. The van der Waals surface area contributed by atoms with E-state index in [1.807, 2.05) is 0 Å². The summed E-state index contributed by atoms with van der Waals surface area (Å²) in [5.41, 5.74) is 0. The van der Waals surface area contributed by atoms with Gasteiger partial charge < -0.3 is 10.6 Å². The molecular weight excluding hydrogens is 288 g/mol. The third-order valence-electron chi connectivity index (χ3n) is 2.96. The van der Waals surface area contributed by atoms with Crippen molar-refractivity contribution in [1.82, 2.24) is 4.98 Å². The van der Waals surface area contributed by atoms with E-state index in [0.717, 1.165) is 6.26 Å². The lowest BCUT2D eigenvalue weighted by Crippen LogP contribution is -2.38. The van der Waals surface area contributed by atoms with Crippen LogP contribution in [0.2, 0.25) is 0 Å². The number of nitrogens with one attached hydrogen (secondary N) is 2. The summed E-state index contributed by atoms with van der Waals surface area (Å²) in [6.07, 6.45) is 1.10. The molecule has 0 amide bonds. The summed E-state index contributed by atoms with van der Waals surface area (Å²) in [7, 11) is -3.32. The van der Waals surface area contributed by atoms with Crippen molar-refractivity contribution in [2.24, 2.45) is 0 Å². The molecule has 114 valence electrons. The lowest BCUT2D eigenvalue weighted by atomic mass is 10.2. The van der Waals surface area contributed by atoms with E-state index in [-0.39, 0.29) is 18.2 Å². The molecular formula is C12H19F2N3O2S. The van der Waals surface area contributed by atoms with Gasteiger partial charge in [-0.15, -0.1) is 0 Å². The summed E-state index contributed by atoms with van der Waals surface area (Å²) in [4.78, 5) is 3.78. The van der Waals surface area contributed by atoms with Crippen molar-refractivity contribution in [3.63, 3.8) is 0 Å². The first-order chi connectivity index (χ1) is 9.08. The van der Waals surface area contributed by atoms with Crippen LogP contribution >= 0.6 is 0 Å². The smallest absolute Gasteiger partial charge is 0.168 e. The lowest BCUT2D eigenvalue weighted by Gasteiger charge is -2.23. The van der Waals surface area contributed by atoms with Crippen LogP contribution in [0.1, 0.15) is 20.8 Å². The summed E-state index contributed by atoms with van der Waals surface area (Å²) in [5, 5.41) is 5.27. The van der Waals surface area contributed by atoms with E-state index in [0.29, 0.717) is 12.6 Å². The fraction of sp³-hybridized carbons (Fsp3) is 0.583. The molecule has 0 saturated carbocycles. The first kappa shape index (κ1) is 16.6. The molecule has 0 radical (unpaired) electrons. The van der Waals surface area contributed by atoms with Gasteiger partial charge in [0.15, 0.2) is 33.1 Å². The van der Waals surface area contributed by atoms with Gasteiger partial charge in [0.05, 0.1) is 4.75 Å². The van der Waals surface area contributed by atoms with Gasteiger partial charge >= 0.3 is 0 Å². The van der Waals surface area contributed by atoms with Gasteiger partial charge in [-0.25, -0.2) is 22.2 Å². The number of hydrogen-bond donors (Lipinski definition) is 2. The highest BCUT2D eigenvalue weighted by Gasteiger charge is 2.30. The molecule has 0 atom stereocenters. The second-order valence-corrected chi connectivity index (χ2v) is 7.71. The molecule has 0 fully saturated rings. The number of pyridine rings is 1. The zero-order valence-corrected chi connectivity index (χ0v) is 12.7. The van der Waals surface area contributed by atoms with Crippen molar-refractivity contribution in [2.75, 3.05) is 30.0 Å². The molecule has 0 spiro atoms. The highest BCUT2D eigenvalue weighted by molar-refractivity contribution is 7.92. The number of halogens is 2. The number of aromatic nitrogens is 1. The average Bonchev–Trinajstić information content (AvgIpc) is 2.30. The van der Waals surface area contributed by atoms with Gasteiger partial charge in [0, 0.05) is 25.4 Å². The largest absolute Gasteiger partial charge is 0.368 e. The maximum Gasteiger partial charge on any atom is 0.168 e. The van der Waals surface area contributed by atoms with E-state index in [1.165, 1.54) is 13.8 Å². The van der Waals surface area contributed by atoms with Crippen LogP contribution in [0.5, 0.6) is 0 Å². The minimum absolute atomic E-state index is 0.0348. The van der Waals surface area contributed by atoms with Crippen molar-refractivity contribution >= 4 is 21.5 Å². The minimum atomic E-state index is -3.32. The van der Waals surface area contributed by atoms with E-state index in [4.69, 9.17) is 0 Å². The summed E-state index contributed by atoms with van der Waals surface area (Å²) in [6.45, 7) is 5.19. The Kier molecular flexibility index (Phi) is 4.90. The molecule has 8 heteroatoms. The van der Waals surface area contributed by atoms with Crippen LogP contribution in [0.4, 0.5) is 20.4 Å². The molecule has 0 bridgehead atoms. The Morgan fingerprint density at radius 2 is 1.70 bits per heavy atom. The summed E-state index contributed by atoms with van der Waals surface area (Å²) in [6, 6.07) is 0.709. The van der Waals surface area contributed by atoms with E-state index in [1.54, 1.807) is 6.92 Å². The monoisotopic (exact) mass is 307 g/mol. The summed E-state index contributed by atoms with van der Waals surface area (Å²) >= 11 is 0. The Bertz CT molecular complexity index is 589. The second-order valence-electron chi connectivity index (χ2n) is 5.06. The third-order valence-corrected chi connectivity index (χ3v) is 5.11. The first-order valence-corrected chi connectivity index (χ1v) is 8.01. The fourth-order valence-electron chi connectivity index (χ4n) is 1.31. The molecule has 1 heterocycles. The summed E-state index contributed by atoms with van der Waals surface area (Å²) in [5.74, 6) is -1.92. The zero-order chi connectivity index (χ0) is 15.6. The molecule has 2 N–H and O–H groups in total. The fourth-order valence-corrected chi connectivity index (χ4v) is 1.64. The van der Waals surface area contributed by atoms with Crippen molar-refractivity contribution in [3.8, 4) is 0 Å². The van der Waals surface area contributed by atoms with Crippen LogP contribution in [0.15, 0.2) is 6.07 Å². The number of rotatable bonds is 6. The normalized spacial score (nSPS) is 12.3. The second kappa shape index (κ2) is 5.90. The Hall–Kier alpha value is -1.44. The number of hydrogen-bond acceptors (Lipinski definition) is 5. The van der Waals surface area contributed by atoms with Crippen LogP contribution in [-0.4, -0.2) is 37.5 Å². The molecule has 0 aliphatic heterocycles. The predicted molar refractivity (Wildman–Crippen MR) is 75.7 cm³/mol. The quantitative estimate of drug-likeness (QED) is 0.841. The molecule has 0 saturated heterocycles. The molecule has 0 unspecified atom stereocenters. The van der Waals surface area contributed by atoms with Crippen molar-refractivity contribution in [2.45, 2.75) is 25.5 Å². The van der Waals surface area contributed by atoms with E-state index >= 15 is 0 Å². The highest BCUT2D eigenvalue weighted by Crippen LogP contribution is 2.21. The molecule has 1 aromatic rings. The Morgan fingerprint density at radius 1 is 1.20 bits per heavy atom. The topological polar surface area (TPSA) is 71.1 Å². The molecule has 1 rings (SSSR count). The SMILES string of the molecule is CCNc1nc(NCC(C)(C)S(C)(=O)=O)c(F)cc1F. The van der Waals surface area contributed by atoms with Gasteiger partial charge in [-0.3, -0.25) is 0 Å². The number of nitrogens with zero attached hydrogens (tertiary/aromatic N) is 1. The van der Waals surface area contributed by atoms with Gasteiger partial charge in [-0.2, -0.15) is 0 Å². The minimum Gasteiger partial charge on any atom is -0.368 e. The molecule has 5 nitrogen and oxygen atoms in total. The molecule has 0 aliphatic rings. The molecule has 1 aromatic heterocycles. The van der Waals surface area contributed by atoms with E-state index in [9.17, 15) is 17.2 Å². The Labute approximate surface area is 117 Å². The maximum absolute atomic E-state index is 13.6. The lowest BCUT2D eigenvalue weighted by molar-refractivity contribution is 0.555. The first-order valence-electron chi connectivity index (χ1n) is 6.12. The van der Waals surface area contributed by atoms with E-state index in [2.05, 4.69) is 15.6 Å². The van der Waals surface area contributed by atoms with Gasteiger partial charge in [0.1, 0.15) is 0 Å². The van der Waals surface area contributed by atoms with E-state index < -0.39 is 26.2 Å². The van der Waals surface area contributed by atoms with Crippen LogP contribution < -0.4 is 10.6 Å². The number of sulfone groups is 1. The third kappa shape index (κ3) is 3.78. The van der Waals surface area contributed by atoms with Crippen LogP contribution in [0.25, 0.3) is 0 Å². The van der Waals surface area contributed by atoms with Crippen LogP contribution in [0, 0.1) is 11.6 Å². The van der Waals surface area contributed by atoms with Gasteiger partial charge in [0.25, 0.3) is 0 Å². The summed E-state index contributed by atoms with van der Waals surface area (Å²) < 4.78 is 49.0. The van der Waals surface area contributed by atoms with Crippen LogP contribution in [0.3, 0.4) is 0 Å². The predicted octanol–water partition coefficient (Wildman–Crippen LogP) is 2.03. The van der Waals surface area contributed by atoms with Crippen LogP contribution in [-0.2, 0) is 9.84 Å². The molecule has 0 aromatic carbocycles. The Morgan fingerprint density at radius 3 is 2.15 bits per heavy atom. The van der Waals surface area contributed by atoms with Crippen molar-refractivity contribution in [3.05, 3.63) is 17.7 Å². The standard InChI is InChI=1S/C12H19F2N3O2S/c1-5-15-10-8(13)6-9(14)11(17-10)16-7-12(2,3)20(4,18)19/h6H,5,7H2,1-4H3,(H2,15,16,17). The van der Waals surface area contributed by atoms with Crippen molar-refractivity contribution in [1.29, 1.82) is 0 Å². The van der Waals surface area contributed by atoms with Gasteiger partial charge in [0.2, 0.25) is 0 Å². The highest BCUT2D eigenvalue weighted by atomic mass is 32.2. The molecule has 0 aliphatic carbocycles. The maximum atomic E-state index is 13.6. The number of anilines is 2. The zero-order valence-electron chi connectivity index (χ0n) is 11.9. The van der Waals surface area contributed by atoms with Crippen molar-refractivity contribution < 1.29 is 17.2 Å².